The zero-order chi connectivity index (χ0) is 10.7. The van der Waals surface area contributed by atoms with Gasteiger partial charge in [0.15, 0.2) is 0 Å². The first-order valence-electron chi connectivity index (χ1n) is 3.53. The quantitative estimate of drug-likeness (QED) is 0.779. The predicted molar refractivity (Wildman–Crippen MR) is 51.6 cm³/mol. The van der Waals surface area contributed by atoms with Gasteiger partial charge in [0.25, 0.3) is 6.43 Å². The number of nitriles is 1. The van der Waals surface area contributed by atoms with Gasteiger partial charge in [-0.2, -0.15) is 5.26 Å². The van der Waals surface area contributed by atoms with Crippen molar-refractivity contribution >= 4 is 27.5 Å². The molecule has 0 aromatic carbocycles. The van der Waals surface area contributed by atoms with Crippen LogP contribution in [0.3, 0.4) is 0 Å². The Bertz CT molecular complexity index is 390. The molecule has 0 aliphatic rings. The number of nitrogens with zero attached hydrogens (tertiary/aromatic N) is 2. The number of pyridine rings is 1. The standard InChI is InChI=1S/C8H4BrClF2N2/c9-2-6-7(10)4(3-13)1-5(14-6)8(11)12/h1,8H,2H2. The highest BCUT2D eigenvalue weighted by Gasteiger charge is 2.15. The predicted octanol–water partition coefficient (Wildman–Crippen LogP) is 3.44. The molecular formula is C8H4BrClF2N2. The zero-order valence-corrected chi connectivity index (χ0v) is 9.11. The van der Waals surface area contributed by atoms with Gasteiger partial charge in [-0.1, -0.05) is 27.5 Å². The Morgan fingerprint density at radius 1 is 1.64 bits per heavy atom. The molecule has 0 unspecified atom stereocenters. The summed E-state index contributed by atoms with van der Waals surface area (Å²) >= 11 is 8.78. The summed E-state index contributed by atoms with van der Waals surface area (Å²) in [6.07, 6.45) is -2.70. The SMILES string of the molecule is N#Cc1cc(C(F)F)nc(CBr)c1Cl. The fourth-order valence-corrected chi connectivity index (χ4v) is 1.66. The molecule has 0 radical (unpaired) electrons. The van der Waals surface area contributed by atoms with Gasteiger partial charge in [-0.3, -0.25) is 0 Å². The first-order valence-corrected chi connectivity index (χ1v) is 5.03. The Balaban J connectivity index is 3.34. The van der Waals surface area contributed by atoms with E-state index in [9.17, 15) is 8.78 Å². The molecule has 1 rings (SSSR count). The summed E-state index contributed by atoms with van der Waals surface area (Å²) in [7, 11) is 0. The van der Waals surface area contributed by atoms with Crippen molar-refractivity contribution in [3.63, 3.8) is 0 Å². The second kappa shape index (κ2) is 4.67. The molecule has 14 heavy (non-hydrogen) atoms. The summed E-state index contributed by atoms with van der Waals surface area (Å²) in [4.78, 5) is 3.62. The Hall–Kier alpha value is -0.730. The summed E-state index contributed by atoms with van der Waals surface area (Å²) in [5.41, 5.74) is -0.159. The van der Waals surface area contributed by atoms with E-state index in [0.29, 0.717) is 0 Å². The molecule has 0 spiro atoms. The van der Waals surface area contributed by atoms with Crippen molar-refractivity contribution in [1.29, 1.82) is 5.26 Å². The van der Waals surface area contributed by atoms with Gasteiger partial charge in [0.2, 0.25) is 0 Å². The summed E-state index contributed by atoms with van der Waals surface area (Å²) < 4.78 is 24.6. The van der Waals surface area contributed by atoms with Crippen LogP contribution in [-0.2, 0) is 5.33 Å². The van der Waals surface area contributed by atoms with Crippen molar-refractivity contribution in [2.45, 2.75) is 11.8 Å². The molecule has 0 N–H and O–H groups in total. The third-order valence-corrected chi connectivity index (χ3v) is 2.47. The Labute approximate surface area is 92.6 Å². The fourth-order valence-electron chi connectivity index (χ4n) is 0.886. The van der Waals surface area contributed by atoms with E-state index in [4.69, 9.17) is 16.9 Å². The lowest BCUT2D eigenvalue weighted by molar-refractivity contribution is 0.146. The maximum absolute atomic E-state index is 12.3. The van der Waals surface area contributed by atoms with Crippen molar-refractivity contribution < 1.29 is 8.78 Å². The Morgan fingerprint density at radius 3 is 2.71 bits per heavy atom. The van der Waals surface area contributed by atoms with Gasteiger partial charge >= 0.3 is 0 Å². The fraction of sp³-hybridized carbons (Fsp3) is 0.250. The number of alkyl halides is 3. The van der Waals surface area contributed by atoms with E-state index in [2.05, 4.69) is 20.9 Å². The van der Waals surface area contributed by atoms with E-state index in [1.165, 1.54) is 0 Å². The normalized spacial score (nSPS) is 10.3. The summed E-state index contributed by atoms with van der Waals surface area (Å²) in [5.74, 6) is 0. The lowest BCUT2D eigenvalue weighted by atomic mass is 10.2. The average Bonchev–Trinajstić information content (AvgIpc) is 2.17. The first-order chi connectivity index (χ1) is 6.60. The molecule has 6 heteroatoms. The minimum absolute atomic E-state index is 0.0198. The molecule has 0 aliphatic heterocycles. The van der Waals surface area contributed by atoms with Crippen LogP contribution < -0.4 is 0 Å². The molecule has 1 aromatic heterocycles. The van der Waals surface area contributed by atoms with E-state index in [-0.39, 0.29) is 21.6 Å². The molecule has 0 fully saturated rings. The highest BCUT2D eigenvalue weighted by molar-refractivity contribution is 9.08. The average molecular weight is 281 g/mol. The molecule has 0 saturated carbocycles. The van der Waals surface area contributed by atoms with Crippen LogP contribution in [0.1, 0.15) is 23.4 Å². The van der Waals surface area contributed by atoms with E-state index >= 15 is 0 Å². The number of aromatic nitrogens is 1. The Kier molecular flexibility index (Phi) is 3.78. The first kappa shape index (κ1) is 11.3. The molecule has 1 aromatic rings. The van der Waals surface area contributed by atoms with Gasteiger partial charge in [-0.15, -0.1) is 0 Å². The smallest absolute Gasteiger partial charge is 0.249 e. The molecule has 0 amide bonds. The maximum Gasteiger partial charge on any atom is 0.280 e. The number of rotatable bonds is 2. The van der Waals surface area contributed by atoms with Gasteiger partial charge < -0.3 is 0 Å². The van der Waals surface area contributed by atoms with Crippen molar-refractivity contribution in [3.05, 3.63) is 28.0 Å². The third-order valence-electron chi connectivity index (χ3n) is 1.52. The van der Waals surface area contributed by atoms with E-state index in [1.807, 2.05) is 0 Å². The van der Waals surface area contributed by atoms with Crippen LogP contribution in [-0.4, -0.2) is 4.98 Å². The molecule has 0 saturated heterocycles. The van der Waals surface area contributed by atoms with E-state index in [0.717, 1.165) is 6.07 Å². The van der Waals surface area contributed by atoms with Crippen molar-refractivity contribution in [2.24, 2.45) is 0 Å². The largest absolute Gasteiger partial charge is 0.280 e. The second-order valence-electron chi connectivity index (χ2n) is 2.40. The molecule has 0 bridgehead atoms. The van der Waals surface area contributed by atoms with Crippen LogP contribution in [0.5, 0.6) is 0 Å². The maximum atomic E-state index is 12.3. The van der Waals surface area contributed by atoms with Gasteiger partial charge in [-0.05, 0) is 6.07 Å². The molecule has 0 aliphatic carbocycles. The molecule has 1 heterocycles. The van der Waals surface area contributed by atoms with Crippen molar-refractivity contribution in [2.75, 3.05) is 0 Å². The van der Waals surface area contributed by atoms with Crippen LogP contribution in [0.25, 0.3) is 0 Å². The highest BCUT2D eigenvalue weighted by Crippen LogP contribution is 2.26. The number of hydrogen-bond donors (Lipinski definition) is 0. The number of halogens is 4. The molecule has 74 valence electrons. The molecule has 0 atom stereocenters. The van der Waals surface area contributed by atoms with Crippen molar-refractivity contribution in [1.82, 2.24) is 4.98 Å². The van der Waals surface area contributed by atoms with Crippen LogP contribution in [0.4, 0.5) is 8.78 Å². The summed E-state index contributed by atoms with van der Waals surface area (Å²) in [6, 6.07) is 2.74. The second-order valence-corrected chi connectivity index (χ2v) is 3.34. The molecule has 2 nitrogen and oxygen atoms in total. The van der Waals surface area contributed by atoms with Gasteiger partial charge in [-0.25, -0.2) is 13.8 Å². The van der Waals surface area contributed by atoms with Gasteiger partial charge in [0.1, 0.15) is 11.8 Å². The van der Waals surface area contributed by atoms with Crippen LogP contribution >= 0.6 is 27.5 Å². The van der Waals surface area contributed by atoms with Crippen LogP contribution in [0.2, 0.25) is 5.02 Å². The van der Waals surface area contributed by atoms with Gasteiger partial charge in [0, 0.05) is 5.33 Å². The Morgan fingerprint density at radius 2 is 2.29 bits per heavy atom. The van der Waals surface area contributed by atoms with Crippen LogP contribution in [0, 0.1) is 11.3 Å². The topological polar surface area (TPSA) is 36.7 Å². The summed E-state index contributed by atoms with van der Waals surface area (Å²) in [6.45, 7) is 0. The molecular weight excluding hydrogens is 277 g/mol. The third kappa shape index (κ3) is 2.20. The van der Waals surface area contributed by atoms with E-state index in [1.54, 1.807) is 6.07 Å². The minimum atomic E-state index is -2.70. The zero-order valence-electron chi connectivity index (χ0n) is 6.77. The minimum Gasteiger partial charge on any atom is -0.249 e. The van der Waals surface area contributed by atoms with E-state index < -0.39 is 12.1 Å². The number of hydrogen-bond acceptors (Lipinski definition) is 2. The lowest BCUT2D eigenvalue weighted by Gasteiger charge is -2.05. The monoisotopic (exact) mass is 280 g/mol. The highest BCUT2D eigenvalue weighted by atomic mass is 79.9. The van der Waals surface area contributed by atoms with Crippen LogP contribution in [0.15, 0.2) is 6.07 Å². The van der Waals surface area contributed by atoms with Gasteiger partial charge in [0.05, 0.1) is 16.3 Å². The summed E-state index contributed by atoms with van der Waals surface area (Å²) in [5, 5.41) is 8.98. The lowest BCUT2D eigenvalue weighted by Crippen LogP contribution is -1.98. The van der Waals surface area contributed by atoms with Crippen molar-refractivity contribution in [3.8, 4) is 6.07 Å².